The highest BCUT2D eigenvalue weighted by Crippen LogP contribution is 2.29. The average Bonchev–Trinajstić information content (AvgIpc) is 2.70. The maximum atomic E-state index is 12.2. The highest BCUT2D eigenvalue weighted by atomic mass is 16.1. The van der Waals surface area contributed by atoms with Crippen molar-refractivity contribution < 1.29 is 0 Å². The first-order valence-corrected chi connectivity index (χ1v) is 5.68. The van der Waals surface area contributed by atoms with E-state index in [0.717, 1.165) is 18.5 Å². The zero-order chi connectivity index (χ0) is 11.7. The summed E-state index contributed by atoms with van der Waals surface area (Å²) in [6.45, 7) is 1.93. The van der Waals surface area contributed by atoms with E-state index in [-0.39, 0.29) is 11.4 Å². The van der Waals surface area contributed by atoms with E-state index >= 15 is 0 Å². The number of hydrogen-bond donors (Lipinski definition) is 2. The van der Waals surface area contributed by atoms with Crippen LogP contribution in [0.15, 0.2) is 16.9 Å². The van der Waals surface area contributed by atoms with Gasteiger partial charge in [-0.2, -0.15) is 0 Å². The molecule has 1 aliphatic carbocycles. The average molecular weight is 219 g/mol. The molecule has 3 N–H and O–H groups in total. The summed E-state index contributed by atoms with van der Waals surface area (Å²) in [5.74, 6) is -0.142. The van der Waals surface area contributed by atoms with E-state index in [4.69, 9.17) is 11.1 Å². The highest BCUT2D eigenvalue weighted by Gasteiger charge is 2.20. The third-order valence-corrected chi connectivity index (χ3v) is 3.30. The molecule has 0 saturated heterocycles. The van der Waals surface area contributed by atoms with Crippen molar-refractivity contribution >= 4 is 5.84 Å². The summed E-state index contributed by atoms with van der Waals surface area (Å²) in [7, 11) is 0. The molecule has 1 aliphatic rings. The summed E-state index contributed by atoms with van der Waals surface area (Å²) in [4.78, 5) is 12.2. The number of nitrogens with zero attached hydrogens (tertiary/aromatic N) is 1. The summed E-state index contributed by atoms with van der Waals surface area (Å²) >= 11 is 0. The molecule has 16 heavy (non-hydrogen) atoms. The van der Waals surface area contributed by atoms with Crippen LogP contribution in [0.25, 0.3) is 0 Å². The number of nitrogens with two attached hydrogens (primary N) is 1. The van der Waals surface area contributed by atoms with Gasteiger partial charge in [0.25, 0.3) is 5.56 Å². The van der Waals surface area contributed by atoms with E-state index < -0.39 is 0 Å². The largest absolute Gasteiger partial charge is 0.384 e. The maximum absolute atomic E-state index is 12.2. The van der Waals surface area contributed by atoms with Crippen LogP contribution in [0.1, 0.15) is 43.0 Å². The van der Waals surface area contributed by atoms with Crippen molar-refractivity contribution in [3.05, 3.63) is 33.7 Å². The van der Waals surface area contributed by atoms with Gasteiger partial charge in [0.2, 0.25) is 0 Å². The molecule has 4 heteroatoms. The Bertz CT molecular complexity index is 470. The molecule has 0 bridgehead atoms. The lowest BCUT2D eigenvalue weighted by atomic mass is 10.1. The van der Waals surface area contributed by atoms with Gasteiger partial charge in [0, 0.05) is 11.7 Å². The third kappa shape index (κ3) is 1.75. The molecular weight excluding hydrogens is 202 g/mol. The smallest absolute Gasteiger partial charge is 0.261 e. The van der Waals surface area contributed by atoms with Crippen molar-refractivity contribution in [3.63, 3.8) is 0 Å². The number of nitrogen functional groups attached to an aromatic ring is 1. The van der Waals surface area contributed by atoms with Gasteiger partial charge in [-0.1, -0.05) is 12.8 Å². The van der Waals surface area contributed by atoms with Gasteiger partial charge in [-0.25, -0.2) is 0 Å². The molecule has 86 valence electrons. The minimum absolute atomic E-state index is 0.112. The second-order valence-corrected chi connectivity index (χ2v) is 4.42. The topological polar surface area (TPSA) is 71.9 Å². The lowest BCUT2D eigenvalue weighted by molar-refractivity contribution is 0.490. The molecule has 4 nitrogen and oxygen atoms in total. The van der Waals surface area contributed by atoms with Crippen LogP contribution in [0.2, 0.25) is 0 Å². The first-order chi connectivity index (χ1) is 7.61. The second-order valence-electron chi connectivity index (χ2n) is 4.42. The monoisotopic (exact) mass is 219 g/mol. The zero-order valence-electron chi connectivity index (χ0n) is 9.49. The SMILES string of the molecule is Cc1ccc(C(=N)N)c(=O)n1C1CCCC1. The van der Waals surface area contributed by atoms with E-state index in [9.17, 15) is 4.79 Å². The summed E-state index contributed by atoms with van der Waals surface area (Å²) < 4.78 is 1.81. The number of aryl methyl sites for hydroxylation is 1. The number of hydrogen-bond acceptors (Lipinski definition) is 2. The standard InChI is InChI=1S/C12H17N3O/c1-8-6-7-10(11(13)14)12(16)15(8)9-4-2-3-5-9/h6-7,9H,2-5H2,1H3,(H3,13,14). The molecule has 1 fully saturated rings. The van der Waals surface area contributed by atoms with Gasteiger partial charge in [-0.15, -0.1) is 0 Å². The van der Waals surface area contributed by atoms with Crippen molar-refractivity contribution in [1.82, 2.24) is 4.57 Å². The van der Waals surface area contributed by atoms with Crippen LogP contribution in [0.3, 0.4) is 0 Å². The zero-order valence-corrected chi connectivity index (χ0v) is 9.49. The highest BCUT2D eigenvalue weighted by molar-refractivity contribution is 5.94. The third-order valence-electron chi connectivity index (χ3n) is 3.30. The first-order valence-electron chi connectivity index (χ1n) is 5.68. The molecule has 2 rings (SSSR count). The van der Waals surface area contributed by atoms with Crippen LogP contribution >= 0.6 is 0 Å². The Morgan fingerprint density at radius 1 is 1.44 bits per heavy atom. The molecule has 0 amide bonds. The van der Waals surface area contributed by atoms with Gasteiger partial charge in [-0.05, 0) is 31.9 Å². The Morgan fingerprint density at radius 3 is 2.62 bits per heavy atom. The predicted octanol–water partition coefficient (Wildman–Crippen LogP) is 1.56. The van der Waals surface area contributed by atoms with Gasteiger partial charge >= 0.3 is 0 Å². The van der Waals surface area contributed by atoms with Gasteiger partial charge in [-0.3, -0.25) is 10.2 Å². The first kappa shape index (κ1) is 10.9. The summed E-state index contributed by atoms with van der Waals surface area (Å²) in [5.41, 5.74) is 6.57. The fraction of sp³-hybridized carbons (Fsp3) is 0.500. The molecule has 1 saturated carbocycles. The molecular formula is C12H17N3O. The van der Waals surface area contributed by atoms with Crippen LogP contribution in [0.5, 0.6) is 0 Å². The Labute approximate surface area is 94.6 Å². The van der Waals surface area contributed by atoms with Crippen LogP contribution in [0.4, 0.5) is 0 Å². The quantitative estimate of drug-likeness (QED) is 0.585. The number of nitrogens with one attached hydrogen (secondary N) is 1. The minimum Gasteiger partial charge on any atom is -0.384 e. The summed E-state index contributed by atoms with van der Waals surface area (Å²) in [5, 5.41) is 7.38. The number of rotatable bonds is 2. The van der Waals surface area contributed by atoms with Gasteiger partial charge in [0.15, 0.2) is 0 Å². The van der Waals surface area contributed by atoms with Crippen LogP contribution < -0.4 is 11.3 Å². The molecule has 0 atom stereocenters. The molecule has 0 unspecified atom stereocenters. The van der Waals surface area contributed by atoms with E-state index in [2.05, 4.69) is 0 Å². The minimum atomic E-state index is -0.142. The molecule has 0 aromatic carbocycles. The van der Waals surface area contributed by atoms with Crippen LogP contribution in [-0.4, -0.2) is 10.4 Å². The Hall–Kier alpha value is -1.58. The van der Waals surface area contributed by atoms with Crippen molar-refractivity contribution in [2.24, 2.45) is 5.73 Å². The molecule has 0 aliphatic heterocycles. The summed E-state index contributed by atoms with van der Waals surface area (Å²) in [6, 6.07) is 3.81. The summed E-state index contributed by atoms with van der Waals surface area (Å²) in [6.07, 6.45) is 4.48. The Balaban J connectivity index is 2.54. The van der Waals surface area contributed by atoms with Gasteiger partial charge in [0.1, 0.15) is 5.84 Å². The Morgan fingerprint density at radius 2 is 2.06 bits per heavy atom. The number of pyridine rings is 1. The molecule has 1 aromatic heterocycles. The number of amidine groups is 1. The normalized spacial score (nSPS) is 16.6. The second kappa shape index (κ2) is 4.12. The van der Waals surface area contributed by atoms with Crippen LogP contribution in [0, 0.1) is 12.3 Å². The van der Waals surface area contributed by atoms with Gasteiger partial charge in [0.05, 0.1) is 5.56 Å². The molecule has 0 radical (unpaired) electrons. The lowest BCUT2D eigenvalue weighted by Crippen LogP contribution is -2.32. The van der Waals surface area contributed by atoms with Crippen molar-refractivity contribution in [2.45, 2.75) is 38.6 Å². The Kier molecular flexibility index (Phi) is 2.81. The van der Waals surface area contributed by atoms with Crippen molar-refractivity contribution in [3.8, 4) is 0 Å². The maximum Gasteiger partial charge on any atom is 0.261 e. The van der Waals surface area contributed by atoms with Crippen LogP contribution in [-0.2, 0) is 0 Å². The molecule has 1 aromatic rings. The predicted molar refractivity (Wildman–Crippen MR) is 64.0 cm³/mol. The molecule has 1 heterocycles. The van der Waals surface area contributed by atoms with Crippen molar-refractivity contribution in [2.75, 3.05) is 0 Å². The lowest BCUT2D eigenvalue weighted by Gasteiger charge is -2.17. The van der Waals surface area contributed by atoms with E-state index in [1.165, 1.54) is 12.8 Å². The van der Waals surface area contributed by atoms with Crippen molar-refractivity contribution in [1.29, 1.82) is 5.41 Å². The van der Waals surface area contributed by atoms with E-state index in [1.807, 2.05) is 17.6 Å². The molecule has 0 spiro atoms. The fourth-order valence-electron chi connectivity index (χ4n) is 2.47. The van der Waals surface area contributed by atoms with Gasteiger partial charge < -0.3 is 10.3 Å². The van der Waals surface area contributed by atoms with E-state index in [1.54, 1.807) is 6.07 Å². The number of aromatic nitrogens is 1. The van der Waals surface area contributed by atoms with E-state index in [0.29, 0.717) is 11.6 Å². The fourth-order valence-corrected chi connectivity index (χ4v) is 2.47.